The summed E-state index contributed by atoms with van der Waals surface area (Å²) in [6, 6.07) is 7.72. The van der Waals surface area contributed by atoms with Crippen molar-refractivity contribution in [2.24, 2.45) is 0 Å². The monoisotopic (exact) mass is 257 g/mol. The molecule has 1 amide bonds. The molecule has 17 heavy (non-hydrogen) atoms. The van der Waals surface area contributed by atoms with E-state index in [1.807, 2.05) is 0 Å². The first-order valence-corrected chi connectivity index (χ1v) is 6.45. The van der Waals surface area contributed by atoms with E-state index in [0.717, 1.165) is 0 Å². The molecule has 0 spiro atoms. The van der Waals surface area contributed by atoms with Gasteiger partial charge in [-0.05, 0) is 19.1 Å². The van der Waals surface area contributed by atoms with Gasteiger partial charge in [0.15, 0.2) is 6.10 Å². The zero-order valence-corrected chi connectivity index (χ0v) is 10.8. The van der Waals surface area contributed by atoms with Crippen molar-refractivity contribution in [2.75, 3.05) is 14.1 Å². The predicted molar refractivity (Wildman–Crippen MR) is 62.9 cm³/mol. The Morgan fingerprint density at radius 2 is 1.76 bits per heavy atom. The van der Waals surface area contributed by atoms with Crippen molar-refractivity contribution in [3.8, 4) is 0 Å². The molecule has 1 aromatic carbocycles. The maximum atomic E-state index is 11.8. The van der Waals surface area contributed by atoms with E-state index >= 15 is 0 Å². The molecule has 0 heterocycles. The fraction of sp³-hybridized carbons (Fsp3) is 0.364. The lowest BCUT2D eigenvalue weighted by atomic mass is 10.4. The third-order valence-corrected chi connectivity index (χ3v) is 3.48. The number of carbonyl (C=O) groups is 1. The number of hydrogen-bond donors (Lipinski definition) is 0. The molecule has 0 aromatic heterocycles. The molecule has 0 aliphatic rings. The SMILES string of the molecule is C[C@@H](OS(=O)(=O)c1ccccc1)C(=O)N(C)C. The summed E-state index contributed by atoms with van der Waals surface area (Å²) in [5.74, 6) is -0.399. The van der Waals surface area contributed by atoms with E-state index in [0.29, 0.717) is 0 Å². The van der Waals surface area contributed by atoms with E-state index in [9.17, 15) is 13.2 Å². The molecule has 1 rings (SSSR count). The van der Waals surface area contributed by atoms with Crippen molar-refractivity contribution in [1.29, 1.82) is 0 Å². The van der Waals surface area contributed by atoms with Crippen LogP contribution in [0, 0.1) is 0 Å². The van der Waals surface area contributed by atoms with Gasteiger partial charge in [0, 0.05) is 14.1 Å². The van der Waals surface area contributed by atoms with Crippen LogP contribution in [0.5, 0.6) is 0 Å². The molecule has 0 fully saturated rings. The average Bonchev–Trinajstić information content (AvgIpc) is 2.28. The molecule has 0 aliphatic carbocycles. The van der Waals surface area contributed by atoms with Crippen molar-refractivity contribution in [1.82, 2.24) is 4.90 Å². The molecular weight excluding hydrogens is 242 g/mol. The Kier molecular flexibility index (Phi) is 4.25. The second-order valence-corrected chi connectivity index (χ2v) is 5.31. The van der Waals surface area contributed by atoms with Crippen LogP contribution in [-0.2, 0) is 19.1 Å². The molecule has 0 saturated carbocycles. The van der Waals surface area contributed by atoms with Gasteiger partial charge in [-0.2, -0.15) is 8.42 Å². The Labute approximate surface area is 101 Å². The Hall–Kier alpha value is -1.40. The highest BCUT2D eigenvalue weighted by atomic mass is 32.2. The summed E-state index contributed by atoms with van der Waals surface area (Å²) in [4.78, 5) is 12.8. The molecule has 5 nitrogen and oxygen atoms in total. The maximum absolute atomic E-state index is 11.8. The third-order valence-electron chi connectivity index (χ3n) is 2.09. The van der Waals surface area contributed by atoms with Crippen LogP contribution < -0.4 is 0 Å². The van der Waals surface area contributed by atoms with Gasteiger partial charge in [-0.25, -0.2) is 0 Å². The lowest BCUT2D eigenvalue weighted by molar-refractivity contribution is -0.135. The largest absolute Gasteiger partial charge is 0.347 e. The second kappa shape index (κ2) is 5.29. The molecule has 0 radical (unpaired) electrons. The van der Waals surface area contributed by atoms with Gasteiger partial charge in [-0.1, -0.05) is 18.2 Å². The predicted octanol–water partition coefficient (Wildman–Crippen LogP) is 0.869. The van der Waals surface area contributed by atoms with Gasteiger partial charge in [-0.15, -0.1) is 0 Å². The highest BCUT2D eigenvalue weighted by molar-refractivity contribution is 7.86. The van der Waals surface area contributed by atoms with Crippen molar-refractivity contribution in [2.45, 2.75) is 17.9 Å². The molecule has 1 atom stereocenters. The van der Waals surface area contributed by atoms with Gasteiger partial charge in [0.05, 0.1) is 4.90 Å². The van der Waals surface area contributed by atoms with Crippen LogP contribution >= 0.6 is 0 Å². The highest BCUT2D eigenvalue weighted by Crippen LogP contribution is 2.14. The highest BCUT2D eigenvalue weighted by Gasteiger charge is 2.24. The van der Waals surface area contributed by atoms with Crippen LogP contribution in [0.3, 0.4) is 0 Å². The summed E-state index contributed by atoms with van der Waals surface area (Å²) in [7, 11) is -0.808. The second-order valence-electron chi connectivity index (χ2n) is 3.74. The number of carbonyl (C=O) groups excluding carboxylic acids is 1. The number of benzene rings is 1. The van der Waals surface area contributed by atoms with E-state index in [2.05, 4.69) is 0 Å². The summed E-state index contributed by atoms with van der Waals surface area (Å²) in [5, 5.41) is 0. The van der Waals surface area contributed by atoms with Crippen molar-refractivity contribution < 1.29 is 17.4 Å². The minimum absolute atomic E-state index is 0.0402. The quantitative estimate of drug-likeness (QED) is 0.751. The summed E-state index contributed by atoms with van der Waals surface area (Å²) in [6.07, 6.45) is -1.03. The first-order valence-electron chi connectivity index (χ1n) is 5.04. The molecule has 0 unspecified atom stereocenters. The molecular formula is C11H15NO4S. The molecule has 0 saturated heterocycles. The fourth-order valence-electron chi connectivity index (χ4n) is 1.24. The average molecular weight is 257 g/mol. The zero-order valence-electron chi connectivity index (χ0n) is 9.95. The van der Waals surface area contributed by atoms with Crippen molar-refractivity contribution >= 4 is 16.0 Å². The Morgan fingerprint density at radius 1 is 1.24 bits per heavy atom. The Bertz CT molecular complexity index is 481. The normalized spacial score (nSPS) is 13.1. The number of hydrogen-bond acceptors (Lipinski definition) is 4. The van der Waals surface area contributed by atoms with Crippen LogP contribution in [0.25, 0.3) is 0 Å². The van der Waals surface area contributed by atoms with E-state index in [1.165, 1.54) is 38.1 Å². The third kappa shape index (κ3) is 3.54. The van der Waals surface area contributed by atoms with Crippen LogP contribution in [0.15, 0.2) is 35.2 Å². The van der Waals surface area contributed by atoms with Gasteiger partial charge in [-0.3, -0.25) is 8.98 Å². The summed E-state index contributed by atoms with van der Waals surface area (Å²) in [6.45, 7) is 1.41. The molecule has 1 aromatic rings. The van der Waals surface area contributed by atoms with Crippen LogP contribution in [-0.4, -0.2) is 39.4 Å². The molecule has 94 valence electrons. The molecule has 0 N–H and O–H groups in total. The van der Waals surface area contributed by atoms with Crippen molar-refractivity contribution in [3.63, 3.8) is 0 Å². The number of rotatable bonds is 4. The molecule has 6 heteroatoms. The minimum atomic E-state index is -3.89. The van der Waals surface area contributed by atoms with E-state index < -0.39 is 22.1 Å². The number of nitrogens with zero attached hydrogens (tertiary/aromatic N) is 1. The maximum Gasteiger partial charge on any atom is 0.297 e. The Morgan fingerprint density at radius 3 is 2.24 bits per heavy atom. The van der Waals surface area contributed by atoms with E-state index in [1.54, 1.807) is 18.2 Å². The lowest BCUT2D eigenvalue weighted by Gasteiger charge is -2.16. The Balaban J connectivity index is 2.85. The van der Waals surface area contributed by atoms with Crippen molar-refractivity contribution in [3.05, 3.63) is 30.3 Å². The van der Waals surface area contributed by atoms with E-state index in [4.69, 9.17) is 4.18 Å². The van der Waals surface area contributed by atoms with Crippen LogP contribution in [0.2, 0.25) is 0 Å². The lowest BCUT2D eigenvalue weighted by Crippen LogP contribution is -2.34. The zero-order chi connectivity index (χ0) is 13.1. The standard InChI is InChI=1S/C11H15NO4S/c1-9(11(13)12(2)3)16-17(14,15)10-7-5-4-6-8-10/h4-9H,1-3H3/t9-/m1/s1. The fourth-order valence-corrected chi connectivity index (χ4v) is 2.30. The van der Waals surface area contributed by atoms with Gasteiger partial charge >= 0.3 is 0 Å². The number of amides is 1. The summed E-state index contributed by atoms with van der Waals surface area (Å²) in [5.41, 5.74) is 0. The number of likely N-dealkylation sites (N-methyl/N-ethyl adjacent to an activating group) is 1. The van der Waals surface area contributed by atoms with Crippen LogP contribution in [0.4, 0.5) is 0 Å². The van der Waals surface area contributed by atoms with Gasteiger partial charge in [0.25, 0.3) is 16.0 Å². The molecule has 0 bridgehead atoms. The van der Waals surface area contributed by atoms with Gasteiger partial charge in [0.1, 0.15) is 0 Å². The first-order chi connectivity index (χ1) is 7.84. The smallest absolute Gasteiger partial charge is 0.297 e. The summed E-state index contributed by atoms with van der Waals surface area (Å²) >= 11 is 0. The van der Waals surface area contributed by atoms with Crippen LogP contribution in [0.1, 0.15) is 6.92 Å². The first kappa shape index (κ1) is 13.7. The summed E-state index contributed by atoms with van der Waals surface area (Å²) < 4.78 is 28.4. The van der Waals surface area contributed by atoms with Gasteiger partial charge in [0.2, 0.25) is 0 Å². The van der Waals surface area contributed by atoms with E-state index in [-0.39, 0.29) is 4.90 Å². The van der Waals surface area contributed by atoms with Gasteiger partial charge < -0.3 is 4.90 Å². The molecule has 0 aliphatic heterocycles. The topological polar surface area (TPSA) is 63.7 Å². The minimum Gasteiger partial charge on any atom is -0.347 e.